The second kappa shape index (κ2) is 16.0. The van der Waals surface area contributed by atoms with Crippen LogP contribution in [-0.4, -0.2) is 65.4 Å². The van der Waals surface area contributed by atoms with Crippen molar-refractivity contribution in [1.29, 1.82) is 0 Å². The first-order valence-corrected chi connectivity index (χ1v) is 13.0. The number of rotatable bonds is 16. The van der Waals surface area contributed by atoms with Gasteiger partial charge >= 0.3 is 5.97 Å². The van der Waals surface area contributed by atoms with Gasteiger partial charge in [-0.25, -0.2) is 0 Å². The molecule has 0 aliphatic heterocycles. The molecule has 0 bridgehead atoms. The van der Waals surface area contributed by atoms with E-state index in [0.717, 1.165) is 5.56 Å². The summed E-state index contributed by atoms with van der Waals surface area (Å²) in [5, 5.41) is 17.1. The molecule has 4 amide bonds. The monoisotopic (exact) mass is 554 g/mol. The van der Waals surface area contributed by atoms with Crippen molar-refractivity contribution in [3.8, 4) is 0 Å². The van der Waals surface area contributed by atoms with Crippen LogP contribution in [0.3, 0.4) is 0 Å². The third kappa shape index (κ3) is 10.1. The number of primary amides is 1. The molecule has 216 valence electrons. The Bertz CT molecular complexity index is 1150. The summed E-state index contributed by atoms with van der Waals surface area (Å²) in [6.45, 7) is 1.72. The lowest BCUT2D eigenvalue weighted by Gasteiger charge is -2.26. The predicted molar refractivity (Wildman–Crippen MR) is 149 cm³/mol. The van der Waals surface area contributed by atoms with Crippen molar-refractivity contribution in [2.75, 3.05) is 6.54 Å². The van der Waals surface area contributed by atoms with E-state index in [9.17, 15) is 29.1 Å². The van der Waals surface area contributed by atoms with Crippen molar-refractivity contribution >= 4 is 29.6 Å². The van der Waals surface area contributed by atoms with E-state index < -0.39 is 59.7 Å². The van der Waals surface area contributed by atoms with E-state index in [2.05, 4.69) is 16.0 Å². The van der Waals surface area contributed by atoms with Crippen LogP contribution in [0.5, 0.6) is 0 Å². The molecule has 1 unspecified atom stereocenters. The minimum absolute atomic E-state index is 0.107. The highest BCUT2D eigenvalue weighted by molar-refractivity contribution is 5.94. The number of carbonyl (C=O) groups excluding carboxylic acids is 4. The number of carboxylic acids is 1. The van der Waals surface area contributed by atoms with Crippen LogP contribution in [0.25, 0.3) is 0 Å². The minimum Gasteiger partial charge on any atom is -0.481 e. The Hall–Kier alpha value is -4.29. The highest BCUT2D eigenvalue weighted by Crippen LogP contribution is 2.23. The number of carboxylic acid groups (broad SMARTS) is 1. The van der Waals surface area contributed by atoms with Gasteiger partial charge in [-0.05, 0) is 37.4 Å². The topological polar surface area (TPSA) is 220 Å². The lowest BCUT2D eigenvalue weighted by Crippen LogP contribution is -2.57. The first-order chi connectivity index (χ1) is 19.0. The van der Waals surface area contributed by atoms with Gasteiger partial charge in [-0.1, -0.05) is 60.7 Å². The van der Waals surface area contributed by atoms with Crippen LogP contribution in [-0.2, 0) is 30.4 Å². The number of amides is 4. The molecule has 10 N–H and O–H groups in total. The summed E-state index contributed by atoms with van der Waals surface area (Å²) in [6, 6.07) is 13.0. The molecule has 0 aliphatic rings. The Morgan fingerprint density at radius 3 is 1.95 bits per heavy atom. The molecule has 0 aliphatic carbocycles. The predicted octanol–water partition coefficient (Wildman–Crippen LogP) is -0.487. The molecule has 12 nitrogen and oxygen atoms in total. The smallest absolute Gasteiger partial charge is 0.304 e. The second-order valence-corrected chi connectivity index (χ2v) is 9.52. The quantitative estimate of drug-likeness (QED) is 0.143. The lowest BCUT2D eigenvalue weighted by atomic mass is 9.88. The Morgan fingerprint density at radius 2 is 1.40 bits per heavy atom. The van der Waals surface area contributed by atoms with Gasteiger partial charge in [0.2, 0.25) is 23.6 Å². The molecule has 0 saturated carbocycles. The summed E-state index contributed by atoms with van der Waals surface area (Å²) < 4.78 is 0. The molecule has 5 atom stereocenters. The molecular formula is C28H38N6O6. The van der Waals surface area contributed by atoms with E-state index in [1.807, 2.05) is 0 Å². The van der Waals surface area contributed by atoms with Crippen LogP contribution in [0.15, 0.2) is 60.7 Å². The van der Waals surface area contributed by atoms with Gasteiger partial charge in [0.05, 0.1) is 12.5 Å². The van der Waals surface area contributed by atoms with Gasteiger partial charge in [-0.15, -0.1) is 0 Å². The highest BCUT2D eigenvalue weighted by atomic mass is 16.4. The number of hydrogen-bond acceptors (Lipinski definition) is 7. The van der Waals surface area contributed by atoms with E-state index in [1.54, 1.807) is 60.7 Å². The Morgan fingerprint density at radius 1 is 0.825 bits per heavy atom. The van der Waals surface area contributed by atoms with Gasteiger partial charge in [0.25, 0.3) is 0 Å². The molecular weight excluding hydrogens is 516 g/mol. The summed E-state index contributed by atoms with van der Waals surface area (Å²) in [4.78, 5) is 62.4. The van der Waals surface area contributed by atoms with Crippen molar-refractivity contribution in [2.24, 2.45) is 17.2 Å². The number of carbonyl (C=O) groups is 5. The number of aliphatic carboxylic acids is 1. The third-order valence-electron chi connectivity index (χ3n) is 6.38. The number of nitrogens with one attached hydrogen (secondary N) is 3. The van der Waals surface area contributed by atoms with Crippen molar-refractivity contribution in [1.82, 2.24) is 16.0 Å². The van der Waals surface area contributed by atoms with E-state index >= 15 is 0 Å². The zero-order valence-electron chi connectivity index (χ0n) is 22.4. The summed E-state index contributed by atoms with van der Waals surface area (Å²) in [6.07, 6.45) is 0.422. The van der Waals surface area contributed by atoms with Gasteiger partial charge in [-0.3, -0.25) is 24.0 Å². The molecule has 0 radical (unpaired) electrons. The van der Waals surface area contributed by atoms with E-state index in [-0.39, 0.29) is 19.3 Å². The van der Waals surface area contributed by atoms with Gasteiger partial charge in [-0.2, -0.15) is 0 Å². The van der Waals surface area contributed by atoms with Crippen LogP contribution in [0.2, 0.25) is 0 Å². The van der Waals surface area contributed by atoms with Crippen LogP contribution < -0.4 is 33.2 Å². The SMILES string of the molecule is C[C@H](NC(=O)[C@@H](N)C(CC(=O)O)c1ccccc1)C(=O)N[C@@H](Cc1ccccc1)C(=O)N[C@@H](CCCN)C(N)=O. The summed E-state index contributed by atoms with van der Waals surface area (Å²) >= 11 is 0. The Kier molecular flexibility index (Phi) is 12.7. The first kappa shape index (κ1) is 31.9. The maximum atomic E-state index is 13.1. The van der Waals surface area contributed by atoms with E-state index in [4.69, 9.17) is 17.2 Å². The normalized spacial score (nSPS) is 14.6. The summed E-state index contributed by atoms with van der Waals surface area (Å²) in [5.41, 5.74) is 18.4. The standard InChI is InChI=1S/C28H38N6O6/c1-17(32-28(40)24(30)20(16-23(35)36)19-11-6-3-7-12-19)26(38)34-22(15-18-9-4-2-5-10-18)27(39)33-21(25(31)37)13-8-14-29/h2-7,9-12,17,20-22,24H,8,13-16,29-30H2,1H3,(H2,31,37)(H,32,40)(H,33,39)(H,34,38)(H,35,36)/t17-,20?,21-,22-,24-/m0/s1. The molecule has 0 spiro atoms. The van der Waals surface area contributed by atoms with Crippen molar-refractivity contribution in [3.05, 3.63) is 71.8 Å². The third-order valence-corrected chi connectivity index (χ3v) is 6.38. The van der Waals surface area contributed by atoms with Crippen LogP contribution >= 0.6 is 0 Å². The fourth-order valence-electron chi connectivity index (χ4n) is 4.13. The van der Waals surface area contributed by atoms with Gasteiger partial charge in [0.15, 0.2) is 0 Å². The molecule has 40 heavy (non-hydrogen) atoms. The zero-order valence-corrected chi connectivity index (χ0v) is 22.4. The average Bonchev–Trinajstić information content (AvgIpc) is 2.93. The molecule has 12 heteroatoms. The zero-order chi connectivity index (χ0) is 29.7. The minimum atomic E-state index is -1.25. The maximum absolute atomic E-state index is 13.1. The largest absolute Gasteiger partial charge is 0.481 e. The van der Waals surface area contributed by atoms with Crippen LogP contribution in [0.1, 0.15) is 43.2 Å². The fourth-order valence-corrected chi connectivity index (χ4v) is 4.13. The van der Waals surface area contributed by atoms with Crippen molar-refractivity contribution in [3.63, 3.8) is 0 Å². The van der Waals surface area contributed by atoms with Gasteiger partial charge in [0, 0.05) is 12.3 Å². The first-order valence-electron chi connectivity index (χ1n) is 13.0. The molecule has 0 heterocycles. The summed E-state index contributed by atoms with van der Waals surface area (Å²) in [5.74, 6) is -4.71. The number of nitrogens with two attached hydrogens (primary N) is 3. The Balaban J connectivity index is 2.14. The Labute approximate surface area is 233 Å². The van der Waals surface area contributed by atoms with Crippen molar-refractivity contribution < 1.29 is 29.1 Å². The number of benzene rings is 2. The van der Waals surface area contributed by atoms with Crippen LogP contribution in [0.4, 0.5) is 0 Å². The van der Waals surface area contributed by atoms with Gasteiger partial charge < -0.3 is 38.3 Å². The molecule has 0 fully saturated rings. The highest BCUT2D eigenvalue weighted by Gasteiger charge is 2.31. The lowest BCUT2D eigenvalue weighted by molar-refractivity contribution is -0.138. The molecule has 0 saturated heterocycles. The number of hydrogen-bond donors (Lipinski definition) is 7. The van der Waals surface area contributed by atoms with Crippen molar-refractivity contribution in [2.45, 2.75) is 62.7 Å². The molecule has 2 rings (SSSR count). The second-order valence-electron chi connectivity index (χ2n) is 9.52. The molecule has 2 aromatic carbocycles. The van der Waals surface area contributed by atoms with E-state index in [0.29, 0.717) is 18.5 Å². The maximum Gasteiger partial charge on any atom is 0.304 e. The van der Waals surface area contributed by atoms with E-state index in [1.165, 1.54) is 6.92 Å². The average molecular weight is 555 g/mol. The fraction of sp³-hybridized carbons (Fsp3) is 0.393. The van der Waals surface area contributed by atoms with Crippen LogP contribution in [0, 0.1) is 0 Å². The molecule has 2 aromatic rings. The summed E-state index contributed by atoms with van der Waals surface area (Å²) in [7, 11) is 0. The molecule has 0 aromatic heterocycles. The van der Waals surface area contributed by atoms with Gasteiger partial charge in [0.1, 0.15) is 18.1 Å².